The molecule has 0 radical (unpaired) electrons. The molecule has 9 nitrogen and oxygen atoms in total. The molecule has 1 saturated heterocycles. The molecule has 3 heterocycles. The van der Waals surface area contributed by atoms with Gasteiger partial charge >= 0.3 is 5.97 Å². The maximum atomic E-state index is 14.0. The number of methoxy groups -OCH3 is 1. The zero-order valence-corrected chi connectivity index (χ0v) is 21.8. The molecule has 0 aliphatic carbocycles. The van der Waals surface area contributed by atoms with E-state index in [1.807, 2.05) is 6.92 Å². The zero-order chi connectivity index (χ0) is 26.0. The van der Waals surface area contributed by atoms with Gasteiger partial charge in [0, 0.05) is 42.5 Å². The first-order chi connectivity index (χ1) is 17.2. The van der Waals surface area contributed by atoms with E-state index in [2.05, 4.69) is 4.98 Å². The molecule has 192 valence electrons. The summed E-state index contributed by atoms with van der Waals surface area (Å²) in [5.41, 5.74) is 2.06. The molecule has 0 amide bonds. The van der Waals surface area contributed by atoms with E-state index in [0.29, 0.717) is 53.0 Å². The summed E-state index contributed by atoms with van der Waals surface area (Å²) in [6.45, 7) is 5.99. The Balaban J connectivity index is 1.77. The smallest absolute Gasteiger partial charge is 0.354 e. The third kappa shape index (κ3) is 4.68. The van der Waals surface area contributed by atoms with Crippen molar-refractivity contribution < 1.29 is 27.5 Å². The summed E-state index contributed by atoms with van der Waals surface area (Å²) in [5, 5.41) is 0.691. The molecule has 2 aromatic heterocycles. The number of hydrogen-bond donors (Lipinski definition) is 0. The van der Waals surface area contributed by atoms with Gasteiger partial charge in [-0.15, -0.1) is 0 Å². The highest BCUT2D eigenvalue weighted by molar-refractivity contribution is 7.89. The van der Waals surface area contributed by atoms with Crippen molar-refractivity contribution in [1.29, 1.82) is 0 Å². The maximum Gasteiger partial charge on any atom is 0.354 e. The van der Waals surface area contributed by atoms with Gasteiger partial charge in [-0.05, 0) is 51.3 Å². The molecule has 10 heteroatoms. The standard InChI is InChI=1S/C26H31N3O6S/c1-5-29-18(3)23(17(2)25(29)26(31)34-4)21(30)16-28(15-20-11-8-14-35-20)36(32,33)22-12-6-9-19-10-7-13-27-24(19)22/h6-7,9-10,12-13,20H,5,8,11,14-16H2,1-4H3. The summed E-state index contributed by atoms with van der Waals surface area (Å²) in [6.07, 6.45) is 2.79. The Kier molecular flexibility index (Phi) is 7.58. The summed E-state index contributed by atoms with van der Waals surface area (Å²) in [5.74, 6) is -0.931. The molecule has 36 heavy (non-hydrogen) atoms. The molecule has 0 spiro atoms. The average molecular weight is 514 g/mol. The number of carbonyl (C=O) groups excluding carboxylic acids is 2. The number of sulfonamides is 1. The van der Waals surface area contributed by atoms with Crippen LogP contribution >= 0.6 is 0 Å². The van der Waals surface area contributed by atoms with Crippen LogP contribution in [0, 0.1) is 13.8 Å². The zero-order valence-electron chi connectivity index (χ0n) is 21.0. The topological polar surface area (TPSA) is 108 Å². The molecular weight excluding hydrogens is 482 g/mol. The molecular formula is C26H31N3O6S. The Morgan fingerprint density at radius 1 is 1.22 bits per heavy atom. The average Bonchev–Trinajstić information content (AvgIpc) is 3.47. The number of aromatic nitrogens is 2. The van der Waals surface area contributed by atoms with Crippen molar-refractivity contribution >= 4 is 32.7 Å². The van der Waals surface area contributed by atoms with Gasteiger partial charge < -0.3 is 14.0 Å². The summed E-state index contributed by atoms with van der Waals surface area (Å²) in [7, 11) is -2.81. The Labute approximate surface area is 211 Å². The van der Waals surface area contributed by atoms with E-state index in [4.69, 9.17) is 9.47 Å². The van der Waals surface area contributed by atoms with Gasteiger partial charge in [0.25, 0.3) is 0 Å². The number of benzene rings is 1. The summed E-state index contributed by atoms with van der Waals surface area (Å²) in [6, 6.07) is 8.52. The van der Waals surface area contributed by atoms with Crippen molar-refractivity contribution in [1.82, 2.24) is 13.9 Å². The van der Waals surface area contributed by atoms with Crippen LogP contribution in [0.1, 0.15) is 51.9 Å². The molecule has 1 unspecified atom stereocenters. The number of Topliss-reactive ketones (excluding diaryl/α,β-unsaturated/α-hetero) is 1. The predicted molar refractivity (Wildman–Crippen MR) is 135 cm³/mol. The summed E-state index contributed by atoms with van der Waals surface area (Å²) < 4.78 is 41.5. The highest BCUT2D eigenvalue weighted by Gasteiger charge is 2.34. The maximum absolute atomic E-state index is 14.0. The lowest BCUT2D eigenvalue weighted by atomic mass is 10.1. The third-order valence-corrected chi connectivity index (χ3v) is 8.55. The van der Waals surface area contributed by atoms with Crippen molar-refractivity contribution in [2.75, 3.05) is 26.8 Å². The SMILES string of the molecule is CCn1c(C)c(C(=O)CN(CC2CCCO2)S(=O)(=O)c2cccc3cccnc23)c(C)c1C(=O)OC. The Morgan fingerprint density at radius 3 is 2.64 bits per heavy atom. The lowest BCUT2D eigenvalue weighted by molar-refractivity contribution is 0.0587. The van der Waals surface area contributed by atoms with Crippen molar-refractivity contribution in [2.24, 2.45) is 0 Å². The number of nitrogens with zero attached hydrogens (tertiary/aromatic N) is 3. The molecule has 1 aliphatic rings. The first kappa shape index (κ1) is 26.0. The van der Waals surface area contributed by atoms with E-state index in [0.717, 1.165) is 6.42 Å². The number of hydrogen-bond acceptors (Lipinski definition) is 7. The van der Waals surface area contributed by atoms with E-state index >= 15 is 0 Å². The highest BCUT2D eigenvalue weighted by atomic mass is 32.2. The van der Waals surface area contributed by atoms with Crippen LogP contribution in [0.5, 0.6) is 0 Å². The van der Waals surface area contributed by atoms with E-state index in [-0.39, 0.29) is 24.1 Å². The first-order valence-electron chi connectivity index (χ1n) is 12.0. The van der Waals surface area contributed by atoms with E-state index in [1.165, 1.54) is 17.5 Å². The molecule has 0 saturated carbocycles. The van der Waals surface area contributed by atoms with Crippen LogP contribution in [0.4, 0.5) is 0 Å². The minimum Gasteiger partial charge on any atom is -0.464 e. The Morgan fingerprint density at radius 2 is 1.97 bits per heavy atom. The number of carbonyl (C=O) groups is 2. The number of ether oxygens (including phenoxy) is 2. The van der Waals surface area contributed by atoms with Gasteiger partial charge in [-0.1, -0.05) is 18.2 Å². The second-order valence-corrected chi connectivity index (χ2v) is 10.8. The highest BCUT2D eigenvalue weighted by Crippen LogP contribution is 2.28. The van der Waals surface area contributed by atoms with E-state index in [1.54, 1.807) is 48.9 Å². The van der Waals surface area contributed by atoms with Crippen LogP contribution in [0.15, 0.2) is 41.4 Å². The molecule has 1 aliphatic heterocycles. The first-order valence-corrected chi connectivity index (χ1v) is 13.4. The van der Waals surface area contributed by atoms with Crippen LogP contribution in [-0.4, -0.2) is 66.9 Å². The largest absolute Gasteiger partial charge is 0.464 e. The quantitative estimate of drug-likeness (QED) is 0.318. The number of fused-ring (bicyclic) bond motifs is 1. The molecule has 0 N–H and O–H groups in total. The minimum atomic E-state index is -4.10. The minimum absolute atomic E-state index is 0.0428. The number of rotatable bonds is 9. The van der Waals surface area contributed by atoms with Crippen LogP contribution in [0.25, 0.3) is 10.9 Å². The fourth-order valence-electron chi connectivity index (χ4n) is 4.99. The van der Waals surface area contributed by atoms with Gasteiger partial charge in [-0.3, -0.25) is 9.78 Å². The van der Waals surface area contributed by atoms with Crippen molar-refractivity contribution in [3.8, 4) is 0 Å². The second-order valence-electron chi connectivity index (χ2n) is 8.86. The fourth-order valence-corrected chi connectivity index (χ4v) is 6.58. The monoisotopic (exact) mass is 513 g/mol. The van der Waals surface area contributed by atoms with Crippen molar-refractivity contribution in [3.63, 3.8) is 0 Å². The fraction of sp³-hybridized carbons (Fsp3) is 0.423. The normalized spacial score (nSPS) is 16.1. The lowest BCUT2D eigenvalue weighted by Gasteiger charge is -2.25. The van der Waals surface area contributed by atoms with Gasteiger partial charge in [-0.2, -0.15) is 4.31 Å². The van der Waals surface area contributed by atoms with Crippen LogP contribution in [-0.2, 0) is 26.0 Å². The summed E-state index contributed by atoms with van der Waals surface area (Å²) >= 11 is 0. The number of para-hydroxylation sites is 1. The number of esters is 1. The lowest BCUT2D eigenvalue weighted by Crippen LogP contribution is -2.41. The number of pyridine rings is 1. The van der Waals surface area contributed by atoms with E-state index in [9.17, 15) is 18.0 Å². The third-order valence-electron chi connectivity index (χ3n) is 6.71. The molecule has 4 rings (SSSR count). The Hall–Kier alpha value is -3.08. The van der Waals surface area contributed by atoms with Gasteiger partial charge in [-0.25, -0.2) is 13.2 Å². The molecule has 1 aromatic carbocycles. The van der Waals surface area contributed by atoms with Gasteiger partial charge in [0.05, 0.1) is 25.3 Å². The van der Waals surface area contributed by atoms with Gasteiger partial charge in [0.1, 0.15) is 10.6 Å². The molecule has 0 bridgehead atoms. The van der Waals surface area contributed by atoms with Gasteiger partial charge in [0.2, 0.25) is 10.0 Å². The summed E-state index contributed by atoms with van der Waals surface area (Å²) in [4.78, 5) is 30.5. The van der Waals surface area contributed by atoms with E-state index < -0.39 is 21.8 Å². The van der Waals surface area contributed by atoms with Gasteiger partial charge in [0.15, 0.2) is 5.78 Å². The second kappa shape index (κ2) is 10.5. The Bertz CT molecular complexity index is 1400. The van der Waals surface area contributed by atoms with Crippen molar-refractivity contribution in [2.45, 2.75) is 51.2 Å². The molecule has 3 aromatic rings. The van der Waals surface area contributed by atoms with Crippen molar-refractivity contribution in [3.05, 3.63) is 59.0 Å². The van der Waals surface area contributed by atoms with Crippen LogP contribution < -0.4 is 0 Å². The predicted octanol–water partition coefficient (Wildman–Crippen LogP) is 3.51. The number of ketones is 1. The van der Waals surface area contributed by atoms with Crippen LogP contribution in [0.2, 0.25) is 0 Å². The molecule has 1 fully saturated rings. The molecule has 1 atom stereocenters. The van der Waals surface area contributed by atoms with Crippen LogP contribution in [0.3, 0.4) is 0 Å².